The number of rotatable bonds is 5. The third-order valence-corrected chi connectivity index (χ3v) is 12.6. The molecule has 0 amide bonds. The van der Waals surface area contributed by atoms with E-state index in [0.717, 1.165) is 89.5 Å². The minimum absolute atomic E-state index is 0.256. The van der Waals surface area contributed by atoms with E-state index < -0.39 is 0 Å². The SMILES string of the molecule is N#Cc1ccc2c(c1)B1c3cc(C#N)ccc3N(c3ccccc3)c3cc(-n4c5cc(-c6ccccc6)ccc5c5ccc(-c6ccccc6)cc54)cc(c31)N2c1ccccc1. The quantitative estimate of drug-likeness (QED) is 0.163. The molecule has 0 radical (unpaired) electrons. The fourth-order valence-corrected chi connectivity index (χ4v) is 9.89. The Morgan fingerprint density at radius 1 is 0.355 bits per heavy atom. The summed E-state index contributed by atoms with van der Waals surface area (Å²) in [5.41, 5.74) is 18.3. The van der Waals surface area contributed by atoms with Crippen molar-refractivity contribution in [1.29, 1.82) is 10.5 Å². The first-order valence-electron chi connectivity index (χ1n) is 20.8. The lowest BCUT2D eigenvalue weighted by Gasteiger charge is -2.44. The van der Waals surface area contributed by atoms with Crippen LogP contribution in [0.15, 0.2) is 206 Å². The molecule has 5 nitrogen and oxygen atoms in total. The van der Waals surface area contributed by atoms with Crippen LogP contribution in [-0.4, -0.2) is 11.3 Å². The number of para-hydroxylation sites is 2. The van der Waals surface area contributed by atoms with Gasteiger partial charge < -0.3 is 14.4 Å². The summed E-state index contributed by atoms with van der Waals surface area (Å²) in [7, 11) is 0. The molecule has 0 unspecified atom stereocenters. The van der Waals surface area contributed by atoms with Crippen LogP contribution < -0.4 is 26.2 Å². The summed E-state index contributed by atoms with van der Waals surface area (Å²) in [5, 5.41) is 22.9. The molecule has 0 saturated carbocycles. The predicted octanol–water partition coefficient (Wildman–Crippen LogP) is 11.9. The van der Waals surface area contributed by atoms with Gasteiger partial charge in [-0.2, -0.15) is 10.5 Å². The molecular weight excluding hydrogens is 753 g/mol. The number of hydrogen-bond acceptors (Lipinski definition) is 4. The van der Waals surface area contributed by atoms with Gasteiger partial charge in [-0.05, 0) is 124 Å². The molecule has 0 spiro atoms. The zero-order chi connectivity index (χ0) is 41.3. The van der Waals surface area contributed by atoms with E-state index in [0.29, 0.717) is 11.1 Å². The van der Waals surface area contributed by atoms with E-state index in [1.165, 1.54) is 10.8 Å². The van der Waals surface area contributed by atoms with Crippen LogP contribution in [0.4, 0.5) is 34.1 Å². The highest BCUT2D eigenvalue weighted by Crippen LogP contribution is 2.47. The smallest absolute Gasteiger partial charge is 0.252 e. The van der Waals surface area contributed by atoms with Crippen LogP contribution in [0.2, 0.25) is 0 Å². The second-order valence-electron chi connectivity index (χ2n) is 16.0. The zero-order valence-corrected chi connectivity index (χ0v) is 33.4. The first-order valence-corrected chi connectivity index (χ1v) is 20.8. The summed E-state index contributed by atoms with van der Waals surface area (Å²) < 4.78 is 2.45. The standard InChI is InChI=1S/C56H34BN5/c58-35-37-21-27-50-48(29-37)57-49-30-38(36-59)22-28-51(49)61(44-19-11-4-12-20-44)55-34-45(33-54(56(55)57)60(50)43-17-9-3-10-18-43)62-52-31-41(39-13-5-1-6-14-39)23-25-46(52)47-26-24-42(32-53(47)62)40-15-7-2-8-16-40/h1-34H. The molecule has 0 bridgehead atoms. The first-order chi connectivity index (χ1) is 30.7. The monoisotopic (exact) mass is 787 g/mol. The summed E-state index contributed by atoms with van der Waals surface area (Å²) in [4.78, 5) is 4.71. The van der Waals surface area contributed by atoms with E-state index in [-0.39, 0.29) is 6.71 Å². The number of benzene rings is 9. The van der Waals surface area contributed by atoms with Crippen LogP contribution in [0, 0.1) is 22.7 Å². The van der Waals surface area contributed by atoms with Crippen molar-refractivity contribution in [1.82, 2.24) is 4.57 Å². The van der Waals surface area contributed by atoms with E-state index >= 15 is 0 Å². The minimum atomic E-state index is -0.256. The lowest BCUT2D eigenvalue weighted by atomic mass is 9.33. The molecule has 10 aromatic rings. The van der Waals surface area contributed by atoms with E-state index in [4.69, 9.17) is 0 Å². The second kappa shape index (κ2) is 14.0. The average molecular weight is 788 g/mol. The number of hydrogen-bond donors (Lipinski definition) is 0. The molecule has 1 aromatic heterocycles. The predicted molar refractivity (Wildman–Crippen MR) is 255 cm³/mol. The summed E-state index contributed by atoms with van der Waals surface area (Å²) in [5.74, 6) is 0. The number of aromatic nitrogens is 1. The van der Waals surface area contributed by atoms with E-state index in [2.05, 4.69) is 196 Å². The van der Waals surface area contributed by atoms with E-state index in [9.17, 15) is 10.5 Å². The topological polar surface area (TPSA) is 59.0 Å². The highest BCUT2D eigenvalue weighted by atomic mass is 15.2. The van der Waals surface area contributed by atoms with Crippen molar-refractivity contribution in [2.75, 3.05) is 9.80 Å². The minimum Gasteiger partial charge on any atom is -0.311 e. The molecule has 2 aliphatic heterocycles. The third-order valence-electron chi connectivity index (χ3n) is 12.6. The highest BCUT2D eigenvalue weighted by molar-refractivity contribution is 7.00. The van der Waals surface area contributed by atoms with Crippen molar-refractivity contribution in [2.45, 2.75) is 0 Å². The van der Waals surface area contributed by atoms with Gasteiger partial charge in [0.25, 0.3) is 6.71 Å². The van der Waals surface area contributed by atoms with Crippen LogP contribution in [0.25, 0.3) is 49.7 Å². The first kappa shape index (κ1) is 35.4. The largest absolute Gasteiger partial charge is 0.311 e. The molecule has 62 heavy (non-hydrogen) atoms. The molecule has 0 saturated heterocycles. The molecular formula is C56H34BN5. The fraction of sp³-hybridized carbons (Fsp3) is 0. The normalized spacial score (nSPS) is 12.4. The summed E-state index contributed by atoms with van der Waals surface area (Å²) >= 11 is 0. The van der Waals surface area contributed by atoms with Crippen LogP contribution in [0.3, 0.4) is 0 Å². The molecule has 9 aromatic carbocycles. The Morgan fingerprint density at radius 3 is 1.19 bits per heavy atom. The van der Waals surface area contributed by atoms with Gasteiger partial charge >= 0.3 is 0 Å². The van der Waals surface area contributed by atoms with Gasteiger partial charge in [-0.1, -0.05) is 121 Å². The number of anilines is 6. The maximum Gasteiger partial charge on any atom is 0.252 e. The Morgan fingerprint density at radius 2 is 0.774 bits per heavy atom. The number of nitrogens with zero attached hydrogens (tertiary/aromatic N) is 5. The van der Waals surface area contributed by atoms with Gasteiger partial charge in [-0.25, -0.2) is 0 Å². The summed E-state index contributed by atoms with van der Waals surface area (Å²) in [6.45, 7) is -0.256. The summed E-state index contributed by atoms with van der Waals surface area (Å²) in [6.07, 6.45) is 0. The Bertz CT molecular complexity index is 3270. The molecule has 2 aliphatic rings. The number of nitriles is 2. The molecule has 0 atom stereocenters. The Balaban J connectivity index is 1.23. The Kier molecular flexibility index (Phi) is 8.00. The molecule has 0 aliphatic carbocycles. The maximum atomic E-state index is 10.3. The van der Waals surface area contributed by atoms with Crippen molar-refractivity contribution in [3.63, 3.8) is 0 Å². The van der Waals surface area contributed by atoms with Gasteiger partial charge in [0.15, 0.2) is 0 Å². The molecule has 0 fully saturated rings. The van der Waals surface area contributed by atoms with Gasteiger partial charge in [-0.3, -0.25) is 0 Å². The Labute approximate surface area is 359 Å². The highest BCUT2D eigenvalue weighted by Gasteiger charge is 2.44. The summed E-state index contributed by atoms with van der Waals surface area (Å²) in [6, 6.07) is 77.5. The maximum absolute atomic E-state index is 10.3. The Hall–Kier alpha value is -8.58. The molecule has 0 N–H and O–H groups in total. The van der Waals surface area contributed by atoms with Crippen molar-refractivity contribution in [2.24, 2.45) is 0 Å². The van der Waals surface area contributed by atoms with Crippen LogP contribution in [0.1, 0.15) is 11.1 Å². The van der Waals surface area contributed by atoms with Crippen molar-refractivity contribution >= 4 is 79.0 Å². The van der Waals surface area contributed by atoms with E-state index in [1.807, 2.05) is 36.4 Å². The van der Waals surface area contributed by atoms with Crippen LogP contribution in [0.5, 0.6) is 0 Å². The van der Waals surface area contributed by atoms with Crippen LogP contribution in [-0.2, 0) is 0 Å². The van der Waals surface area contributed by atoms with E-state index in [1.54, 1.807) is 0 Å². The van der Waals surface area contributed by atoms with Crippen molar-refractivity contribution < 1.29 is 0 Å². The second-order valence-corrected chi connectivity index (χ2v) is 16.0. The van der Waals surface area contributed by atoms with Crippen LogP contribution >= 0.6 is 0 Å². The lowest BCUT2D eigenvalue weighted by molar-refractivity contribution is 1.16. The average Bonchev–Trinajstić information content (AvgIpc) is 3.67. The zero-order valence-electron chi connectivity index (χ0n) is 33.4. The molecule has 3 heterocycles. The van der Waals surface area contributed by atoms with Gasteiger partial charge in [0.2, 0.25) is 0 Å². The fourth-order valence-electron chi connectivity index (χ4n) is 9.89. The van der Waals surface area contributed by atoms with Crippen molar-refractivity contribution in [3.8, 4) is 40.1 Å². The van der Waals surface area contributed by atoms with Gasteiger partial charge in [0.05, 0.1) is 40.0 Å². The van der Waals surface area contributed by atoms with Gasteiger partial charge in [-0.15, -0.1) is 0 Å². The molecule has 6 heteroatoms. The van der Waals surface area contributed by atoms with Crippen molar-refractivity contribution in [3.05, 3.63) is 217 Å². The van der Waals surface area contributed by atoms with Gasteiger partial charge in [0.1, 0.15) is 0 Å². The lowest BCUT2D eigenvalue weighted by Crippen LogP contribution is -2.61. The number of fused-ring (bicyclic) bond motifs is 7. The van der Waals surface area contributed by atoms with Gasteiger partial charge in [0, 0.05) is 44.9 Å². The molecule has 12 rings (SSSR count). The molecule has 286 valence electrons. The third kappa shape index (κ3) is 5.41.